The molecule has 0 saturated carbocycles. The van der Waals surface area contributed by atoms with E-state index >= 15 is 0 Å². The van der Waals surface area contributed by atoms with Gasteiger partial charge in [-0.2, -0.15) is 4.31 Å². The molecule has 1 aliphatic rings. The van der Waals surface area contributed by atoms with E-state index in [2.05, 4.69) is 5.32 Å². The van der Waals surface area contributed by atoms with Crippen molar-refractivity contribution in [2.24, 2.45) is 0 Å². The Bertz CT molecular complexity index is 574. The molecular formula is C12H18Cl2N2O2S2. The fourth-order valence-electron chi connectivity index (χ4n) is 2.55. The second kappa shape index (κ2) is 6.50. The van der Waals surface area contributed by atoms with E-state index in [-0.39, 0.29) is 21.3 Å². The van der Waals surface area contributed by atoms with Gasteiger partial charge in [0.15, 0.2) is 0 Å². The minimum absolute atomic E-state index is 0.0477. The van der Waals surface area contributed by atoms with Gasteiger partial charge in [0.05, 0.1) is 4.34 Å². The van der Waals surface area contributed by atoms with Gasteiger partial charge in [-0.05, 0) is 32.9 Å². The van der Waals surface area contributed by atoms with E-state index in [1.165, 1.54) is 6.07 Å². The van der Waals surface area contributed by atoms with Crippen molar-refractivity contribution in [3.8, 4) is 0 Å². The van der Waals surface area contributed by atoms with Crippen LogP contribution in [0.1, 0.15) is 26.2 Å². The summed E-state index contributed by atoms with van der Waals surface area (Å²) in [6, 6.07) is 1.49. The molecule has 1 aromatic rings. The van der Waals surface area contributed by atoms with E-state index in [0.29, 0.717) is 10.9 Å². The topological polar surface area (TPSA) is 49.4 Å². The zero-order valence-electron chi connectivity index (χ0n) is 11.4. The van der Waals surface area contributed by atoms with Gasteiger partial charge in [-0.1, -0.05) is 29.6 Å². The van der Waals surface area contributed by atoms with Crippen molar-refractivity contribution in [1.29, 1.82) is 0 Å². The number of piperidine rings is 1. The summed E-state index contributed by atoms with van der Waals surface area (Å²) in [5, 5.41) is 3.15. The van der Waals surface area contributed by atoms with Crippen molar-refractivity contribution in [2.45, 2.75) is 43.2 Å². The molecule has 1 aromatic heterocycles. The summed E-state index contributed by atoms with van der Waals surface area (Å²) in [5.41, 5.74) is 0. The Morgan fingerprint density at radius 3 is 2.70 bits per heavy atom. The summed E-state index contributed by atoms with van der Waals surface area (Å²) in [4.78, 5) is 0.129. The van der Waals surface area contributed by atoms with Crippen LogP contribution in [0.4, 0.5) is 0 Å². The molecule has 114 valence electrons. The van der Waals surface area contributed by atoms with Crippen LogP contribution in [-0.2, 0) is 10.0 Å². The van der Waals surface area contributed by atoms with Crippen LogP contribution in [0.5, 0.6) is 0 Å². The van der Waals surface area contributed by atoms with E-state index in [4.69, 9.17) is 23.2 Å². The van der Waals surface area contributed by atoms with Crippen molar-refractivity contribution in [3.63, 3.8) is 0 Å². The molecule has 2 heterocycles. The molecule has 0 radical (unpaired) electrons. The number of hydrogen-bond donors (Lipinski definition) is 1. The first-order valence-electron chi connectivity index (χ1n) is 6.52. The molecule has 0 spiro atoms. The van der Waals surface area contributed by atoms with Crippen molar-refractivity contribution in [1.82, 2.24) is 9.62 Å². The average molecular weight is 357 g/mol. The number of nitrogens with zero attached hydrogens (tertiary/aromatic N) is 1. The van der Waals surface area contributed by atoms with Gasteiger partial charge in [-0.3, -0.25) is 0 Å². The van der Waals surface area contributed by atoms with Crippen LogP contribution in [0.15, 0.2) is 11.0 Å². The number of nitrogens with one attached hydrogen (secondary N) is 1. The molecule has 8 heteroatoms. The van der Waals surface area contributed by atoms with E-state index in [1.807, 2.05) is 14.0 Å². The van der Waals surface area contributed by atoms with E-state index < -0.39 is 10.0 Å². The van der Waals surface area contributed by atoms with Gasteiger partial charge in [0.1, 0.15) is 9.23 Å². The first-order valence-corrected chi connectivity index (χ1v) is 9.53. The standard InChI is InChI=1S/C12H18Cl2N2O2S2/c1-8(15-2)9-5-3-4-6-16(9)20(17,18)10-7-11(13)19-12(10)14/h7-9,15H,3-6H2,1-2H3. The second-order valence-corrected chi connectivity index (χ2v) is 9.09. The molecule has 2 atom stereocenters. The highest BCUT2D eigenvalue weighted by Gasteiger charge is 2.37. The first kappa shape index (κ1) is 16.5. The lowest BCUT2D eigenvalue weighted by molar-refractivity contribution is 0.213. The molecular weight excluding hydrogens is 339 g/mol. The third-order valence-electron chi connectivity index (χ3n) is 3.74. The number of sulfonamides is 1. The Labute approximate surface area is 134 Å². The molecule has 20 heavy (non-hydrogen) atoms. The van der Waals surface area contributed by atoms with Crippen LogP contribution in [0.2, 0.25) is 8.67 Å². The quantitative estimate of drug-likeness (QED) is 0.900. The van der Waals surface area contributed by atoms with Crippen LogP contribution >= 0.6 is 34.5 Å². The SMILES string of the molecule is CNC(C)C1CCCCN1S(=O)(=O)c1cc(Cl)sc1Cl. The van der Waals surface area contributed by atoms with Gasteiger partial charge in [0.25, 0.3) is 0 Å². The van der Waals surface area contributed by atoms with Gasteiger partial charge in [0.2, 0.25) is 10.0 Å². The zero-order valence-corrected chi connectivity index (χ0v) is 14.5. The highest BCUT2D eigenvalue weighted by atomic mass is 35.5. The van der Waals surface area contributed by atoms with Crippen LogP contribution in [0.3, 0.4) is 0 Å². The van der Waals surface area contributed by atoms with E-state index in [0.717, 1.165) is 30.6 Å². The third kappa shape index (κ3) is 3.15. The summed E-state index contributed by atoms with van der Waals surface area (Å²) in [7, 11) is -1.74. The maximum Gasteiger partial charge on any atom is 0.245 e. The summed E-state index contributed by atoms with van der Waals surface area (Å²) in [6.07, 6.45) is 2.78. The predicted octanol–water partition coefficient (Wildman–Crippen LogP) is 3.21. The van der Waals surface area contributed by atoms with Crippen molar-refractivity contribution in [3.05, 3.63) is 14.7 Å². The van der Waals surface area contributed by atoms with Crippen LogP contribution in [0, 0.1) is 0 Å². The Hall–Kier alpha value is 0.150. The Morgan fingerprint density at radius 1 is 1.45 bits per heavy atom. The highest BCUT2D eigenvalue weighted by Crippen LogP contribution is 2.37. The lowest BCUT2D eigenvalue weighted by Crippen LogP contribution is -2.52. The van der Waals surface area contributed by atoms with Gasteiger partial charge in [-0.25, -0.2) is 8.42 Å². The minimum atomic E-state index is -3.59. The van der Waals surface area contributed by atoms with Crippen LogP contribution in [-0.4, -0.2) is 38.4 Å². The van der Waals surface area contributed by atoms with E-state index in [9.17, 15) is 8.42 Å². The van der Waals surface area contributed by atoms with Crippen molar-refractivity contribution in [2.75, 3.05) is 13.6 Å². The molecule has 1 fully saturated rings. The monoisotopic (exact) mass is 356 g/mol. The largest absolute Gasteiger partial charge is 0.316 e. The second-order valence-electron chi connectivity index (χ2n) is 4.94. The molecule has 1 saturated heterocycles. The molecule has 0 aromatic carbocycles. The fraction of sp³-hybridized carbons (Fsp3) is 0.667. The smallest absolute Gasteiger partial charge is 0.245 e. The minimum Gasteiger partial charge on any atom is -0.316 e. The van der Waals surface area contributed by atoms with Gasteiger partial charge in [0, 0.05) is 18.6 Å². The van der Waals surface area contributed by atoms with Gasteiger partial charge in [-0.15, -0.1) is 11.3 Å². The normalized spacial score (nSPS) is 22.9. The summed E-state index contributed by atoms with van der Waals surface area (Å²) >= 11 is 13.0. The zero-order chi connectivity index (χ0) is 14.9. The Morgan fingerprint density at radius 2 is 2.15 bits per heavy atom. The molecule has 0 bridgehead atoms. The van der Waals surface area contributed by atoms with Gasteiger partial charge >= 0.3 is 0 Å². The van der Waals surface area contributed by atoms with E-state index in [1.54, 1.807) is 4.31 Å². The molecule has 2 rings (SSSR count). The number of rotatable bonds is 4. The molecule has 1 N–H and O–H groups in total. The number of halogens is 2. The first-order chi connectivity index (χ1) is 9.37. The van der Waals surface area contributed by atoms with Crippen molar-refractivity contribution < 1.29 is 8.42 Å². The van der Waals surface area contributed by atoms with Crippen LogP contribution < -0.4 is 5.32 Å². The lowest BCUT2D eigenvalue weighted by Gasteiger charge is -2.37. The molecule has 4 nitrogen and oxygen atoms in total. The van der Waals surface area contributed by atoms with Gasteiger partial charge < -0.3 is 5.32 Å². The maximum atomic E-state index is 12.8. The average Bonchev–Trinajstić information content (AvgIpc) is 2.77. The Kier molecular flexibility index (Phi) is 5.37. The highest BCUT2D eigenvalue weighted by molar-refractivity contribution is 7.89. The summed E-state index contributed by atoms with van der Waals surface area (Å²) < 4.78 is 27.8. The number of likely N-dealkylation sites (N-methyl/N-ethyl adjacent to an activating group) is 1. The molecule has 0 aliphatic carbocycles. The Balaban J connectivity index is 2.38. The molecule has 0 amide bonds. The van der Waals surface area contributed by atoms with Crippen molar-refractivity contribution >= 4 is 44.6 Å². The van der Waals surface area contributed by atoms with Crippen LogP contribution in [0.25, 0.3) is 0 Å². The summed E-state index contributed by atoms with van der Waals surface area (Å²) in [5.74, 6) is 0. The fourth-order valence-corrected chi connectivity index (χ4v) is 6.43. The number of hydrogen-bond acceptors (Lipinski definition) is 4. The maximum absolute atomic E-state index is 12.8. The number of thiophene rings is 1. The predicted molar refractivity (Wildman–Crippen MR) is 84.4 cm³/mol. The third-order valence-corrected chi connectivity index (χ3v) is 7.42. The molecule has 1 aliphatic heterocycles. The summed E-state index contributed by atoms with van der Waals surface area (Å²) in [6.45, 7) is 2.53. The molecule has 2 unspecified atom stereocenters. The lowest BCUT2D eigenvalue weighted by atomic mass is 9.99.